The number of aryl methyl sites for hydroxylation is 1. The van der Waals surface area contributed by atoms with E-state index in [1.54, 1.807) is 7.11 Å². The molecule has 0 unspecified atom stereocenters. The molecule has 2 aromatic rings. The zero-order valence-electron chi connectivity index (χ0n) is 14.6. The van der Waals surface area contributed by atoms with Crippen molar-refractivity contribution < 1.29 is 9.47 Å². The van der Waals surface area contributed by atoms with E-state index in [-0.39, 0.29) is 0 Å². The van der Waals surface area contributed by atoms with E-state index in [0.29, 0.717) is 19.3 Å². The molecule has 1 aromatic carbocycles. The van der Waals surface area contributed by atoms with Crippen LogP contribution in [-0.4, -0.2) is 30.1 Å². The highest BCUT2D eigenvalue weighted by atomic mass is 16.5. The van der Waals surface area contributed by atoms with Crippen LogP contribution in [0.4, 0.5) is 0 Å². The molecule has 130 valence electrons. The molecule has 1 N–H and O–H groups in total. The first-order valence-electron chi connectivity index (χ1n) is 8.80. The Morgan fingerprint density at radius 2 is 2.25 bits per heavy atom. The van der Waals surface area contributed by atoms with E-state index in [9.17, 15) is 0 Å². The molecule has 1 heterocycles. The topological polar surface area (TPSA) is 48.3 Å². The van der Waals surface area contributed by atoms with Crippen molar-refractivity contribution in [3.63, 3.8) is 0 Å². The van der Waals surface area contributed by atoms with Crippen LogP contribution in [0.15, 0.2) is 30.5 Å². The van der Waals surface area contributed by atoms with Crippen molar-refractivity contribution in [1.29, 1.82) is 0 Å². The number of nitrogens with one attached hydrogen (secondary N) is 1. The molecular weight excluding hydrogens is 302 g/mol. The summed E-state index contributed by atoms with van der Waals surface area (Å²) in [4.78, 5) is 0. The average molecular weight is 329 g/mol. The van der Waals surface area contributed by atoms with Gasteiger partial charge in [0.05, 0.1) is 12.8 Å². The molecule has 0 aliphatic heterocycles. The van der Waals surface area contributed by atoms with E-state index < -0.39 is 0 Å². The summed E-state index contributed by atoms with van der Waals surface area (Å²) in [6.07, 6.45) is 5.58. The van der Waals surface area contributed by atoms with E-state index in [1.807, 2.05) is 18.3 Å². The molecule has 1 aromatic heterocycles. The lowest BCUT2D eigenvalue weighted by Gasteiger charge is -2.24. The SMILES string of the molecule is CCn1ncc2c1CCC[C@H]2NCc1cccc(OCCOC)c1. The molecule has 1 aliphatic carbocycles. The number of methoxy groups -OCH3 is 1. The molecule has 0 amide bonds. The van der Waals surface area contributed by atoms with E-state index in [4.69, 9.17) is 9.47 Å². The highest BCUT2D eigenvalue weighted by Crippen LogP contribution is 2.30. The zero-order chi connectivity index (χ0) is 16.8. The Labute approximate surface area is 144 Å². The second kappa shape index (κ2) is 8.31. The van der Waals surface area contributed by atoms with E-state index in [0.717, 1.165) is 25.3 Å². The van der Waals surface area contributed by atoms with Crippen LogP contribution in [0, 0.1) is 0 Å². The fourth-order valence-corrected chi connectivity index (χ4v) is 3.33. The van der Waals surface area contributed by atoms with Gasteiger partial charge in [0.2, 0.25) is 0 Å². The summed E-state index contributed by atoms with van der Waals surface area (Å²) in [6, 6.07) is 8.66. The number of nitrogens with zero attached hydrogens (tertiary/aromatic N) is 2. The molecule has 1 aliphatic rings. The van der Waals surface area contributed by atoms with Crippen molar-refractivity contribution in [1.82, 2.24) is 15.1 Å². The van der Waals surface area contributed by atoms with Gasteiger partial charge in [-0.2, -0.15) is 5.10 Å². The molecule has 0 fully saturated rings. The third-order valence-electron chi connectivity index (χ3n) is 4.57. The second-order valence-corrected chi connectivity index (χ2v) is 6.18. The summed E-state index contributed by atoms with van der Waals surface area (Å²) in [5, 5.41) is 8.21. The van der Waals surface area contributed by atoms with E-state index in [2.05, 4.69) is 34.2 Å². The van der Waals surface area contributed by atoms with Gasteiger partial charge in [-0.1, -0.05) is 12.1 Å². The van der Waals surface area contributed by atoms with Gasteiger partial charge in [0, 0.05) is 37.5 Å². The Morgan fingerprint density at radius 1 is 1.33 bits per heavy atom. The van der Waals surface area contributed by atoms with Gasteiger partial charge in [0.1, 0.15) is 12.4 Å². The van der Waals surface area contributed by atoms with Crippen LogP contribution in [0.3, 0.4) is 0 Å². The molecular formula is C19H27N3O2. The van der Waals surface area contributed by atoms with Crippen LogP contribution in [0.25, 0.3) is 0 Å². The summed E-state index contributed by atoms with van der Waals surface area (Å²) < 4.78 is 12.8. The van der Waals surface area contributed by atoms with Gasteiger partial charge in [-0.25, -0.2) is 0 Å². The van der Waals surface area contributed by atoms with Crippen LogP contribution in [-0.2, 0) is 24.2 Å². The smallest absolute Gasteiger partial charge is 0.119 e. The van der Waals surface area contributed by atoms with Crippen molar-refractivity contribution >= 4 is 0 Å². The highest BCUT2D eigenvalue weighted by molar-refractivity contribution is 5.29. The number of hydrogen-bond donors (Lipinski definition) is 1. The van der Waals surface area contributed by atoms with Crippen LogP contribution in [0.1, 0.15) is 42.6 Å². The Hall–Kier alpha value is -1.85. The monoisotopic (exact) mass is 329 g/mol. The number of benzene rings is 1. The lowest BCUT2D eigenvalue weighted by Crippen LogP contribution is -2.25. The molecule has 0 bridgehead atoms. The summed E-state index contributed by atoms with van der Waals surface area (Å²) in [6.45, 7) is 5.12. The summed E-state index contributed by atoms with van der Waals surface area (Å²) in [5.74, 6) is 0.898. The number of hydrogen-bond acceptors (Lipinski definition) is 4. The van der Waals surface area contributed by atoms with Gasteiger partial charge >= 0.3 is 0 Å². The maximum Gasteiger partial charge on any atom is 0.119 e. The molecule has 3 rings (SSSR count). The Kier molecular flexibility index (Phi) is 5.88. The van der Waals surface area contributed by atoms with Gasteiger partial charge in [0.15, 0.2) is 0 Å². The molecule has 0 saturated heterocycles. The second-order valence-electron chi connectivity index (χ2n) is 6.18. The maximum atomic E-state index is 5.69. The van der Waals surface area contributed by atoms with Crippen molar-refractivity contribution in [2.75, 3.05) is 20.3 Å². The number of rotatable bonds is 8. The maximum absolute atomic E-state index is 5.69. The molecule has 0 radical (unpaired) electrons. The summed E-state index contributed by atoms with van der Waals surface area (Å²) in [7, 11) is 1.68. The summed E-state index contributed by atoms with van der Waals surface area (Å²) in [5.41, 5.74) is 4.01. The van der Waals surface area contributed by atoms with Crippen LogP contribution >= 0.6 is 0 Å². The number of ether oxygens (including phenoxy) is 2. The first kappa shape index (κ1) is 17.0. The first-order chi connectivity index (χ1) is 11.8. The van der Waals surface area contributed by atoms with E-state index >= 15 is 0 Å². The van der Waals surface area contributed by atoms with Gasteiger partial charge in [-0.3, -0.25) is 4.68 Å². The van der Waals surface area contributed by atoms with Gasteiger partial charge in [-0.15, -0.1) is 0 Å². The fourth-order valence-electron chi connectivity index (χ4n) is 3.33. The van der Waals surface area contributed by atoms with Crippen molar-refractivity contribution in [2.45, 2.75) is 45.3 Å². The first-order valence-corrected chi connectivity index (χ1v) is 8.80. The Balaban J connectivity index is 1.60. The lowest BCUT2D eigenvalue weighted by molar-refractivity contribution is 0.146. The van der Waals surface area contributed by atoms with Crippen molar-refractivity contribution in [2.24, 2.45) is 0 Å². The molecule has 5 nitrogen and oxygen atoms in total. The number of aromatic nitrogens is 2. The molecule has 24 heavy (non-hydrogen) atoms. The van der Waals surface area contributed by atoms with Crippen LogP contribution in [0.5, 0.6) is 5.75 Å². The van der Waals surface area contributed by atoms with Crippen LogP contribution in [0.2, 0.25) is 0 Å². The predicted molar refractivity (Wildman–Crippen MR) is 94.2 cm³/mol. The largest absolute Gasteiger partial charge is 0.491 e. The molecule has 5 heteroatoms. The van der Waals surface area contributed by atoms with Gasteiger partial charge < -0.3 is 14.8 Å². The fraction of sp³-hybridized carbons (Fsp3) is 0.526. The zero-order valence-corrected chi connectivity index (χ0v) is 14.6. The molecule has 0 saturated carbocycles. The van der Waals surface area contributed by atoms with E-state index in [1.165, 1.54) is 29.7 Å². The molecule has 1 atom stereocenters. The minimum absolute atomic E-state index is 0.395. The highest BCUT2D eigenvalue weighted by Gasteiger charge is 2.23. The third kappa shape index (κ3) is 3.97. The minimum atomic E-state index is 0.395. The van der Waals surface area contributed by atoms with Crippen LogP contribution < -0.4 is 10.1 Å². The Morgan fingerprint density at radius 3 is 3.08 bits per heavy atom. The molecule has 0 spiro atoms. The van der Waals surface area contributed by atoms with Gasteiger partial charge in [0.25, 0.3) is 0 Å². The minimum Gasteiger partial charge on any atom is -0.491 e. The lowest BCUT2D eigenvalue weighted by atomic mass is 9.93. The number of fused-ring (bicyclic) bond motifs is 1. The average Bonchev–Trinajstić information content (AvgIpc) is 3.04. The third-order valence-corrected chi connectivity index (χ3v) is 4.57. The normalized spacial score (nSPS) is 16.8. The Bertz CT molecular complexity index is 654. The predicted octanol–water partition coefficient (Wildman–Crippen LogP) is 3.10. The van der Waals surface area contributed by atoms with Crippen molar-refractivity contribution in [3.05, 3.63) is 47.3 Å². The summed E-state index contributed by atoms with van der Waals surface area (Å²) >= 11 is 0. The standard InChI is InChI=1S/C19H27N3O2/c1-3-22-19-9-5-8-18(17(19)14-21-22)20-13-15-6-4-7-16(12-15)24-11-10-23-2/h4,6-7,12,14,18,20H,3,5,8-11,13H2,1-2H3/t18-/m1/s1. The quantitative estimate of drug-likeness (QED) is 0.756. The van der Waals surface area contributed by atoms with Crippen molar-refractivity contribution in [3.8, 4) is 5.75 Å². The van der Waals surface area contributed by atoms with Gasteiger partial charge in [-0.05, 0) is 43.9 Å².